The average molecular weight is 486 g/mol. The molecule has 0 spiro atoms. The van der Waals surface area contributed by atoms with Gasteiger partial charge < -0.3 is 10.1 Å². The number of carbonyl (C=O) groups is 2. The molecule has 6 nitrogen and oxygen atoms in total. The molecule has 1 N–H and O–H groups in total. The summed E-state index contributed by atoms with van der Waals surface area (Å²) in [6.45, 7) is 5.19. The van der Waals surface area contributed by atoms with Crippen LogP contribution >= 0.6 is 15.9 Å². The van der Waals surface area contributed by atoms with Crippen molar-refractivity contribution in [1.82, 2.24) is 9.78 Å². The number of nitrogens with one attached hydrogen (secondary N) is 1. The number of anilines is 1. The third-order valence-corrected chi connectivity index (χ3v) is 5.20. The second-order valence-corrected chi connectivity index (χ2v) is 7.80. The highest BCUT2D eigenvalue weighted by atomic mass is 79.9. The zero-order valence-corrected chi connectivity index (χ0v) is 18.9. The van der Waals surface area contributed by atoms with E-state index in [-0.39, 0.29) is 5.82 Å². The van der Waals surface area contributed by atoms with E-state index in [0.717, 1.165) is 21.3 Å². The van der Waals surface area contributed by atoms with Crippen LogP contribution in [0, 0.1) is 26.6 Å². The molecule has 1 amide bonds. The molecule has 0 saturated carbocycles. The van der Waals surface area contributed by atoms with E-state index >= 15 is 0 Å². The van der Waals surface area contributed by atoms with E-state index in [1.165, 1.54) is 18.2 Å². The number of hydrogen-bond acceptors (Lipinski definition) is 4. The molecule has 31 heavy (non-hydrogen) atoms. The summed E-state index contributed by atoms with van der Waals surface area (Å²) >= 11 is 3.38. The van der Waals surface area contributed by atoms with Crippen molar-refractivity contribution in [1.29, 1.82) is 0 Å². The van der Waals surface area contributed by atoms with Crippen molar-refractivity contribution in [2.75, 3.05) is 11.9 Å². The zero-order valence-electron chi connectivity index (χ0n) is 17.3. The minimum absolute atomic E-state index is 0.327. The van der Waals surface area contributed by atoms with Crippen LogP contribution in [-0.2, 0) is 14.3 Å². The molecule has 0 atom stereocenters. The molecule has 3 rings (SSSR count). The molecule has 0 radical (unpaired) electrons. The number of carbonyl (C=O) groups excluding carboxylic acids is 2. The van der Waals surface area contributed by atoms with E-state index in [2.05, 4.69) is 26.3 Å². The number of amides is 1. The Bertz CT molecular complexity index is 1150. The summed E-state index contributed by atoms with van der Waals surface area (Å²) in [5.74, 6) is -1.42. The molecule has 3 aromatic rings. The Balaban J connectivity index is 1.61. The Kier molecular flexibility index (Phi) is 7.02. The molecule has 0 aliphatic rings. The van der Waals surface area contributed by atoms with Gasteiger partial charge >= 0.3 is 5.97 Å². The lowest BCUT2D eigenvalue weighted by atomic mass is 10.2. The van der Waals surface area contributed by atoms with Crippen LogP contribution in [0.15, 0.2) is 53.0 Å². The highest BCUT2D eigenvalue weighted by Gasteiger charge is 2.12. The van der Waals surface area contributed by atoms with Gasteiger partial charge in [0.25, 0.3) is 5.91 Å². The standard InChI is InChI=1S/C23H21BrFN3O3/c1-14-4-10-21(20(24)12-14)26-22(29)13-31-23(30)11-9-19-15(2)27-28(16(19)3)18-7-5-17(25)6-8-18/h4-12H,13H2,1-3H3,(H,26,29)/b11-9+. The van der Waals surface area contributed by atoms with Crippen LogP contribution in [0.5, 0.6) is 0 Å². The summed E-state index contributed by atoms with van der Waals surface area (Å²) in [4.78, 5) is 24.1. The largest absolute Gasteiger partial charge is 0.452 e. The molecule has 0 fully saturated rings. The topological polar surface area (TPSA) is 73.2 Å². The van der Waals surface area contributed by atoms with Gasteiger partial charge in [-0.05, 0) is 84.7 Å². The molecular weight excluding hydrogens is 465 g/mol. The number of aromatic nitrogens is 2. The lowest BCUT2D eigenvalue weighted by Gasteiger charge is -2.08. The van der Waals surface area contributed by atoms with Crippen molar-refractivity contribution in [3.63, 3.8) is 0 Å². The Morgan fingerprint density at radius 1 is 1.16 bits per heavy atom. The van der Waals surface area contributed by atoms with Gasteiger partial charge in [-0.1, -0.05) is 6.07 Å². The van der Waals surface area contributed by atoms with Crippen LogP contribution < -0.4 is 5.32 Å². The molecule has 160 valence electrons. The van der Waals surface area contributed by atoms with Crippen molar-refractivity contribution >= 4 is 39.6 Å². The number of rotatable bonds is 6. The third-order valence-electron chi connectivity index (χ3n) is 4.55. The number of hydrogen-bond donors (Lipinski definition) is 1. The number of esters is 1. The monoisotopic (exact) mass is 485 g/mol. The first-order valence-corrected chi connectivity index (χ1v) is 10.3. The second kappa shape index (κ2) is 9.70. The summed E-state index contributed by atoms with van der Waals surface area (Å²) < 4.78 is 20.6. The minimum Gasteiger partial charge on any atom is -0.452 e. The molecular formula is C23H21BrFN3O3. The van der Waals surface area contributed by atoms with Crippen LogP contribution in [0.25, 0.3) is 11.8 Å². The van der Waals surface area contributed by atoms with Crippen molar-refractivity contribution < 1.29 is 18.7 Å². The van der Waals surface area contributed by atoms with Gasteiger partial charge in [0, 0.05) is 21.8 Å². The summed E-state index contributed by atoms with van der Waals surface area (Å²) in [6.07, 6.45) is 2.84. The van der Waals surface area contributed by atoms with Gasteiger partial charge in [-0.2, -0.15) is 5.10 Å². The number of aryl methyl sites for hydroxylation is 2. The van der Waals surface area contributed by atoms with Gasteiger partial charge in [0.1, 0.15) is 5.82 Å². The van der Waals surface area contributed by atoms with Crippen LogP contribution in [0.4, 0.5) is 10.1 Å². The van der Waals surface area contributed by atoms with Gasteiger partial charge in [0.15, 0.2) is 6.61 Å². The van der Waals surface area contributed by atoms with E-state index < -0.39 is 18.5 Å². The number of ether oxygens (including phenoxy) is 1. The quantitative estimate of drug-likeness (QED) is 0.398. The number of benzene rings is 2. The van der Waals surface area contributed by atoms with Crippen molar-refractivity contribution in [3.8, 4) is 5.69 Å². The van der Waals surface area contributed by atoms with Crippen LogP contribution in [0.1, 0.15) is 22.5 Å². The van der Waals surface area contributed by atoms with E-state index in [1.807, 2.05) is 32.9 Å². The van der Waals surface area contributed by atoms with Crippen LogP contribution in [-0.4, -0.2) is 28.3 Å². The smallest absolute Gasteiger partial charge is 0.331 e. The molecule has 0 aliphatic carbocycles. The van der Waals surface area contributed by atoms with Crippen molar-refractivity contribution in [3.05, 3.63) is 81.3 Å². The maximum atomic E-state index is 13.2. The van der Waals surface area contributed by atoms with Gasteiger partial charge in [-0.3, -0.25) is 4.79 Å². The second-order valence-electron chi connectivity index (χ2n) is 6.95. The lowest BCUT2D eigenvalue weighted by Crippen LogP contribution is -2.20. The van der Waals surface area contributed by atoms with E-state index in [0.29, 0.717) is 17.1 Å². The maximum absolute atomic E-state index is 13.2. The SMILES string of the molecule is Cc1ccc(NC(=O)COC(=O)/C=C/c2c(C)nn(-c3ccc(F)cc3)c2C)c(Br)c1. The molecule has 1 heterocycles. The molecule has 0 saturated heterocycles. The Morgan fingerprint density at radius 3 is 2.55 bits per heavy atom. The normalized spacial score (nSPS) is 11.0. The highest BCUT2D eigenvalue weighted by molar-refractivity contribution is 9.10. The fraction of sp³-hybridized carbons (Fsp3) is 0.174. The highest BCUT2D eigenvalue weighted by Crippen LogP contribution is 2.23. The predicted octanol–water partition coefficient (Wildman–Crippen LogP) is 4.89. The van der Waals surface area contributed by atoms with Crippen molar-refractivity contribution in [2.24, 2.45) is 0 Å². The first-order valence-electron chi connectivity index (χ1n) is 9.47. The maximum Gasteiger partial charge on any atom is 0.331 e. The minimum atomic E-state index is -0.647. The lowest BCUT2D eigenvalue weighted by molar-refractivity contribution is -0.142. The van der Waals surface area contributed by atoms with Gasteiger partial charge in [0.2, 0.25) is 0 Å². The first kappa shape index (κ1) is 22.4. The average Bonchev–Trinajstić information content (AvgIpc) is 3.01. The third kappa shape index (κ3) is 5.67. The number of halogens is 2. The van der Waals surface area contributed by atoms with Crippen molar-refractivity contribution in [2.45, 2.75) is 20.8 Å². The Labute approximate surface area is 187 Å². The van der Waals surface area contributed by atoms with E-state index in [4.69, 9.17) is 4.74 Å². The summed E-state index contributed by atoms with van der Waals surface area (Å²) in [5.41, 5.74) is 4.59. The van der Waals surface area contributed by atoms with Gasteiger partial charge in [-0.25, -0.2) is 13.9 Å². The van der Waals surface area contributed by atoms with Gasteiger partial charge in [-0.15, -0.1) is 0 Å². The zero-order chi connectivity index (χ0) is 22.5. The van der Waals surface area contributed by atoms with Gasteiger partial charge in [0.05, 0.1) is 17.1 Å². The molecule has 1 aromatic heterocycles. The molecule has 0 unspecified atom stereocenters. The fourth-order valence-corrected chi connectivity index (χ4v) is 3.57. The summed E-state index contributed by atoms with van der Waals surface area (Å²) in [6, 6.07) is 11.5. The number of nitrogens with zero attached hydrogens (tertiary/aromatic N) is 2. The Hall–Kier alpha value is -3.26. The van der Waals surface area contributed by atoms with E-state index in [9.17, 15) is 14.0 Å². The summed E-state index contributed by atoms with van der Waals surface area (Å²) in [5, 5.41) is 7.13. The van der Waals surface area contributed by atoms with Crippen LogP contribution in [0.2, 0.25) is 0 Å². The first-order chi connectivity index (χ1) is 14.7. The van der Waals surface area contributed by atoms with Crippen LogP contribution in [0.3, 0.4) is 0 Å². The Morgan fingerprint density at radius 2 is 1.87 bits per heavy atom. The molecule has 0 aliphatic heterocycles. The molecule has 2 aromatic carbocycles. The summed E-state index contributed by atoms with van der Waals surface area (Å²) in [7, 11) is 0. The van der Waals surface area contributed by atoms with E-state index in [1.54, 1.807) is 29.0 Å². The predicted molar refractivity (Wildman–Crippen MR) is 120 cm³/mol. The fourth-order valence-electron chi connectivity index (χ4n) is 2.97. The molecule has 8 heteroatoms. The molecule has 0 bridgehead atoms.